The molecule has 16 heavy (non-hydrogen) atoms. The van der Waals surface area contributed by atoms with Crippen molar-refractivity contribution >= 4 is 5.91 Å². The molecule has 92 valence electrons. The predicted molar refractivity (Wildman–Crippen MR) is 64.0 cm³/mol. The number of nitrogens with two attached hydrogens (primary N) is 1. The quantitative estimate of drug-likeness (QED) is 0.702. The standard InChI is InChI=1S/C12H23N3O/c13-5-6-14-12(16)2-1-11-9-15-7-3-10(11)4-8-15/h10-11H,1-9,13H2,(H,14,16). The molecule has 3 fully saturated rings. The maximum Gasteiger partial charge on any atom is 0.220 e. The van der Waals surface area contributed by atoms with Crippen molar-refractivity contribution in [3.05, 3.63) is 0 Å². The largest absolute Gasteiger partial charge is 0.355 e. The summed E-state index contributed by atoms with van der Waals surface area (Å²) in [7, 11) is 0. The van der Waals surface area contributed by atoms with Gasteiger partial charge in [-0.1, -0.05) is 0 Å². The van der Waals surface area contributed by atoms with E-state index in [0.29, 0.717) is 19.5 Å². The molecule has 0 aromatic carbocycles. The second-order valence-corrected chi connectivity index (χ2v) is 5.08. The summed E-state index contributed by atoms with van der Waals surface area (Å²) in [6.45, 7) is 4.92. The van der Waals surface area contributed by atoms with Gasteiger partial charge in [0.25, 0.3) is 0 Å². The Labute approximate surface area is 97.6 Å². The van der Waals surface area contributed by atoms with Crippen molar-refractivity contribution in [1.82, 2.24) is 10.2 Å². The van der Waals surface area contributed by atoms with Gasteiger partial charge in [0.2, 0.25) is 5.91 Å². The van der Waals surface area contributed by atoms with E-state index < -0.39 is 0 Å². The van der Waals surface area contributed by atoms with Crippen molar-refractivity contribution in [3.8, 4) is 0 Å². The van der Waals surface area contributed by atoms with Crippen LogP contribution in [0.15, 0.2) is 0 Å². The SMILES string of the molecule is NCCNC(=O)CCC1CN2CCC1CC2. The van der Waals surface area contributed by atoms with E-state index in [9.17, 15) is 4.79 Å². The zero-order valence-electron chi connectivity index (χ0n) is 9.95. The Hall–Kier alpha value is -0.610. The van der Waals surface area contributed by atoms with Gasteiger partial charge in [-0.15, -0.1) is 0 Å². The van der Waals surface area contributed by atoms with Crippen molar-refractivity contribution in [3.63, 3.8) is 0 Å². The minimum Gasteiger partial charge on any atom is -0.355 e. The molecule has 3 aliphatic heterocycles. The first kappa shape index (κ1) is 11.9. The smallest absolute Gasteiger partial charge is 0.220 e. The van der Waals surface area contributed by atoms with Gasteiger partial charge in [-0.25, -0.2) is 0 Å². The van der Waals surface area contributed by atoms with Crippen LogP contribution in [0, 0.1) is 11.8 Å². The molecular formula is C12H23N3O. The molecule has 1 amide bonds. The summed E-state index contributed by atoms with van der Waals surface area (Å²) in [5, 5.41) is 2.84. The van der Waals surface area contributed by atoms with Crippen molar-refractivity contribution in [1.29, 1.82) is 0 Å². The number of hydrogen-bond acceptors (Lipinski definition) is 3. The first-order valence-corrected chi connectivity index (χ1v) is 6.48. The second-order valence-electron chi connectivity index (χ2n) is 5.08. The topological polar surface area (TPSA) is 58.4 Å². The molecule has 3 heterocycles. The van der Waals surface area contributed by atoms with Crippen LogP contribution in [-0.4, -0.2) is 43.5 Å². The van der Waals surface area contributed by atoms with Gasteiger partial charge in [0.15, 0.2) is 0 Å². The van der Waals surface area contributed by atoms with Crippen LogP contribution < -0.4 is 11.1 Å². The molecule has 3 N–H and O–H groups in total. The van der Waals surface area contributed by atoms with Gasteiger partial charge in [-0.05, 0) is 44.2 Å². The number of carbonyl (C=O) groups excluding carboxylic acids is 1. The van der Waals surface area contributed by atoms with E-state index >= 15 is 0 Å². The van der Waals surface area contributed by atoms with Crippen LogP contribution in [0.25, 0.3) is 0 Å². The first-order valence-electron chi connectivity index (χ1n) is 6.48. The summed E-state index contributed by atoms with van der Waals surface area (Å²) in [6, 6.07) is 0. The van der Waals surface area contributed by atoms with Crippen LogP contribution in [0.4, 0.5) is 0 Å². The van der Waals surface area contributed by atoms with Gasteiger partial charge in [-0.3, -0.25) is 4.79 Å². The monoisotopic (exact) mass is 225 g/mol. The molecule has 1 unspecified atom stereocenters. The van der Waals surface area contributed by atoms with Crippen molar-refractivity contribution < 1.29 is 4.79 Å². The van der Waals surface area contributed by atoms with Gasteiger partial charge in [0.05, 0.1) is 0 Å². The van der Waals surface area contributed by atoms with Crippen molar-refractivity contribution in [2.24, 2.45) is 17.6 Å². The van der Waals surface area contributed by atoms with E-state index in [2.05, 4.69) is 10.2 Å². The Kier molecular flexibility index (Phi) is 4.18. The Morgan fingerprint density at radius 3 is 2.69 bits per heavy atom. The van der Waals surface area contributed by atoms with Gasteiger partial charge in [0.1, 0.15) is 0 Å². The molecule has 2 bridgehead atoms. The summed E-state index contributed by atoms with van der Waals surface area (Å²) in [4.78, 5) is 14.0. The van der Waals surface area contributed by atoms with Crippen LogP contribution in [0.2, 0.25) is 0 Å². The van der Waals surface area contributed by atoms with E-state index in [0.717, 1.165) is 18.3 Å². The summed E-state index contributed by atoms with van der Waals surface area (Å²) < 4.78 is 0. The third-order valence-corrected chi connectivity index (χ3v) is 4.00. The van der Waals surface area contributed by atoms with Crippen LogP contribution in [-0.2, 0) is 4.79 Å². The number of nitrogens with zero attached hydrogens (tertiary/aromatic N) is 1. The second kappa shape index (κ2) is 5.64. The molecule has 0 spiro atoms. The number of carbonyl (C=O) groups is 1. The van der Waals surface area contributed by atoms with Gasteiger partial charge >= 0.3 is 0 Å². The third kappa shape index (κ3) is 2.95. The number of fused-ring (bicyclic) bond motifs is 3. The fourth-order valence-electron chi connectivity index (χ4n) is 3.03. The molecule has 3 saturated heterocycles. The van der Waals surface area contributed by atoms with Crippen LogP contribution >= 0.6 is 0 Å². The Balaban J connectivity index is 1.68. The highest BCUT2D eigenvalue weighted by Gasteiger charge is 2.33. The predicted octanol–water partition coefficient (Wildman–Crippen LogP) is 0.183. The number of nitrogens with one attached hydrogen (secondary N) is 1. The normalized spacial score (nSPS) is 32.7. The molecular weight excluding hydrogens is 202 g/mol. The van der Waals surface area contributed by atoms with Gasteiger partial charge in [0, 0.05) is 26.1 Å². The average Bonchev–Trinajstić information content (AvgIpc) is 2.35. The lowest BCUT2D eigenvalue weighted by Gasteiger charge is -2.44. The molecule has 0 aromatic heterocycles. The molecule has 0 radical (unpaired) electrons. The number of amides is 1. The average molecular weight is 225 g/mol. The molecule has 3 aliphatic rings. The number of rotatable bonds is 5. The molecule has 0 aromatic rings. The van der Waals surface area contributed by atoms with Crippen molar-refractivity contribution in [2.45, 2.75) is 25.7 Å². The fourth-order valence-corrected chi connectivity index (χ4v) is 3.03. The Morgan fingerprint density at radius 2 is 2.12 bits per heavy atom. The summed E-state index contributed by atoms with van der Waals surface area (Å²) in [5.74, 6) is 1.81. The number of piperidine rings is 3. The molecule has 4 heteroatoms. The van der Waals surface area contributed by atoms with E-state index in [1.165, 1.54) is 32.5 Å². The van der Waals surface area contributed by atoms with E-state index in [1.807, 2.05) is 0 Å². The lowest BCUT2D eigenvalue weighted by molar-refractivity contribution is -0.121. The minimum absolute atomic E-state index is 0.168. The zero-order chi connectivity index (χ0) is 11.4. The zero-order valence-corrected chi connectivity index (χ0v) is 9.95. The Bertz CT molecular complexity index is 236. The summed E-state index contributed by atoms with van der Waals surface area (Å²) in [5.41, 5.74) is 5.34. The lowest BCUT2D eigenvalue weighted by Crippen LogP contribution is -2.47. The summed E-state index contributed by atoms with van der Waals surface area (Å²) in [6.07, 6.45) is 4.41. The van der Waals surface area contributed by atoms with Gasteiger partial charge < -0.3 is 16.0 Å². The highest BCUT2D eigenvalue weighted by Crippen LogP contribution is 2.34. The van der Waals surface area contributed by atoms with E-state index in [4.69, 9.17) is 5.73 Å². The fraction of sp³-hybridized carbons (Fsp3) is 0.917. The van der Waals surface area contributed by atoms with Gasteiger partial charge in [-0.2, -0.15) is 0 Å². The summed E-state index contributed by atoms with van der Waals surface area (Å²) >= 11 is 0. The minimum atomic E-state index is 0.168. The van der Waals surface area contributed by atoms with Crippen molar-refractivity contribution in [2.75, 3.05) is 32.7 Å². The van der Waals surface area contributed by atoms with Crippen LogP contribution in [0.1, 0.15) is 25.7 Å². The molecule has 4 nitrogen and oxygen atoms in total. The highest BCUT2D eigenvalue weighted by atomic mass is 16.1. The third-order valence-electron chi connectivity index (χ3n) is 4.00. The first-order chi connectivity index (χ1) is 7.79. The molecule has 0 saturated carbocycles. The molecule has 1 atom stereocenters. The Morgan fingerprint density at radius 1 is 1.38 bits per heavy atom. The van der Waals surface area contributed by atoms with Crippen LogP contribution in [0.5, 0.6) is 0 Å². The van der Waals surface area contributed by atoms with E-state index in [1.54, 1.807) is 0 Å². The number of hydrogen-bond donors (Lipinski definition) is 2. The molecule has 3 rings (SSSR count). The molecule has 0 aliphatic carbocycles. The van der Waals surface area contributed by atoms with Crippen LogP contribution in [0.3, 0.4) is 0 Å². The van der Waals surface area contributed by atoms with E-state index in [-0.39, 0.29) is 5.91 Å². The maximum atomic E-state index is 11.5. The maximum absolute atomic E-state index is 11.5. The lowest BCUT2D eigenvalue weighted by atomic mass is 9.77. The highest BCUT2D eigenvalue weighted by molar-refractivity contribution is 5.75.